The van der Waals surface area contributed by atoms with Gasteiger partial charge in [0.15, 0.2) is 0 Å². The van der Waals surface area contributed by atoms with E-state index >= 15 is 0 Å². The molecule has 1 heterocycles. The molecule has 18 heavy (non-hydrogen) atoms. The second-order valence-corrected chi connectivity index (χ2v) is 4.78. The number of amides is 2. The van der Waals surface area contributed by atoms with Crippen LogP contribution in [0.4, 0.5) is 4.79 Å². The van der Waals surface area contributed by atoms with Crippen molar-refractivity contribution in [3.05, 3.63) is 22.4 Å². The third kappa shape index (κ3) is 7.23. The number of primary amides is 1. The van der Waals surface area contributed by atoms with Gasteiger partial charge in [-0.05, 0) is 11.4 Å². The molecule has 0 aliphatic heterocycles. The van der Waals surface area contributed by atoms with Crippen molar-refractivity contribution >= 4 is 17.4 Å². The standard InChI is InChI=1S/C11H19N3O3S/c12-11(16)14-4-3-13-6-9(15)7-17-8-10-2-1-5-18-10/h1-2,5,9,13,15H,3-4,6-8H2,(H3,12,14,16). The molecule has 1 aromatic rings. The summed E-state index contributed by atoms with van der Waals surface area (Å²) in [5.74, 6) is 0. The highest BCUT2D eigenvalue weighted by molar-refractivity contribution is 7.09. The first-order chi connectivity index (χ1) is 8.68. The predicted molar refractivity (Wildman–Crippen MR) is 70.4 cm³/mol. The first-order valence-electron chi connectivity index (χ1n) is 5.70. The van der Waals surface area contributed by atoms with Gasteiger partial charge in [-0.2, -0.15) is 0 Å². The molecule has 1 atom stereocenters. The van der Waals surface area contributed by atoms with Crippen LogP contribution in [0.5, 0.6) is 0 Å². The minimum atomic E-state index is -0.557. The zero-order chi connectivity index (χ0) is 13.2. The van der Waals surface area contributed by atoms with Crippen molar-refractivity contribution in [3.8, 4) is 0 Å². The maximum Gasteiger partial charge on any atom is 0.312 e. The number of hydrogen-bond acceptors (Lipinski definition) is 5. The lowest BCUT2D eigenvalue weighted by molar-refractivity contribution is 0.0300. The van der Waals surface area contributed by atoms with Gasteiger partial charge in [-0.1, -0.05) is 6.07 Å². The molecule has 0 spiro atoms. The van der Waals surface area contributed by atoms with E-state index in [1.165, 1.54) is 0 Å². The molecule has 2 amide bonds. The molecule has 6 nitrogen and oxygen atoms in total. The highest BCUT2D eigenvalue weighted by Gasteiger charge is 2.04. The van der Waals surface area contributed by atoms with Crippen LogP contribution in [0.15, 0.2) is 17.5 Å². The fourth-order valence-corrected chi connectivity index (χ4v) is 1.93. The van der Waals surface area contributed by atoms with Crippen LogP contribution in [-0.4, -0.2) is 43.5 Å². The van der Waals surface area contributed by atoms with Gasteiger partial charge in [-0.25, -0.2) is 4.79 Å². The average molecular weight is 273 g/mol. The topological polar surface area (TPSA) is 96.6 Å². The zero-order valence-electron chi connectivity index (χ0n) is 10.1. The lowest BCUT2D eigenvalue weighted by Crippen LogP contribution is -2.38. The van der Waals surface area contributed by atoms with Crippen LogP contribution in [0, 0.1) is 0 Å². The Bertz CT molecular complexity index is 332. The van der Waals surface area contributed by atoms with E-state index in [0.29, 0.717) is 26.2 Å². The van der Waals surface area contributed by atoms with Gasteiger partial charge in [-0.15, -0.1) is 11.3 Å². The molecule has 5 N–H and O–H groups in total. The molecule has 1 aromatic heterocycles. The Labute approximate surface area is 110 Å². The number of ether oxygens (including phenoxy) is 1. The Morgan fingerprint density at radius 2 is 2.39 bits per heavy atom. The summed E-state index contributed by atoms with van der Waals surface area (Å²) in [6, 6.07) is 3.41. The highest BCUT2D eigenvalue weighted by Crippen LogP contribution is 2.09. The second kappa shape index (κ2) is 8.87. The van der Waals surface area contributed by atoms with Gasteiger partial charge in [0.2, 0.25) is 0 Å². The molecule has 0 saturated carbocycles. The number of aliphatic hydroxyl groups is 1. The molecule has 0 radical (unpaired) electrons. The maximum absolute atomic E-state index is 10.4. The van der Waals surface area contributed by atoms with Gasteiger partial charge in [0.25, 0.3) is 0 Å². The van der Waals surface area contributed by atoms with E-state index in [-0.39, 0.29) is 6.61 Å². The van der Waals surface area contributed by atoms with Crippen molar-refractivity contribution < 1.29 is 14.6 Å². The molecular formula is C11H19N3O3S. The molecule has 102 valence electrons. The number of aliphatic hydroxyl groups excluding tert-OH is 1. The summed E-state index contributed by atoms with van der Waals surface area (Å²) in [4.78, 5) is 11.5. The van der Waals surface area contributed by atoms with Crippen molar-refractivity contribution in [3.63, 3.8) is 0 Å². The van der Waals surface area contributed by atoms with E-state index in [1.807, 2.05) is 17.5 Å². The summed E-state index contributed by atoms with van der Waals surface area (Å²) < 4.78 is 5.37. The summed E-state index contributed by atoms with van der Waals surface area (Å²) >= 11 is 1.63. The van der Waals surface area contributed by atoms with Gasteiger partial charge >= 0.3 is 6.03 Å². The van der Waals surface area contributed by atoms with Crippen LogP contribution in [0.25, 0.3) is 0 Å². The van der Waals surface area contributed by atoms with E-state index < -0.39 is 12.1 Å². The van der Waals surface area contributed by atoms with Gasteiger partial charge in [0, 0.05) is 24.5 Å². The van der Waals surface area contributed by atoms with Crippen molar-refractivity contribution in [2.75, 3.05) is 26.2 Å². The van der Waals surface area contributed by atoms with E-state index in [0.717, 1.165) is 4.88 Å². The molecule has 7 heteroatoms. The van der Waals surface area contributed by atoms with Crippen LogP contribution >= 0.6 is 11.3 Å². The normalized spacial score (nSPS) is 12.3. The zero-order valence-corrected chi connectivity index (χ0v) is 10.9. The number of carbonyl (C=O) groups is 1. The van der Waals surface area contributed by atoms with E-state index in [1.54, 1.807) is 11.3 Å². The molecule has 0 aliphatic rings. The number of rotatable bonds is 9. The molecule has 1 rings (SSSR count). The molecule has 0 aromatic carbocycles. The number of nitrogens with two attached hydrogens (primary N) is 1. The predicted octanol–water partition coefficient (Wildman–Crippen LogP) is -0.116. The van der Waals surface area contributed by atoms with Gasteiger partial charge in [0.1, 0.15) is 0 Å². The monoisotopic (exact) mass is 273 g/mol. The van der Waals surface area contributed by atoms with Crippen LogP contribution in [0.1, 0.15) is 4.88 Å². The summed E-state index contributed by atoms with van der Waals surface area (Å²) in [5, 5.41) is 17.0. The first kappa shape index (κ1) is 14.9. The number of thiophene rings is 1. The van der Waals surface area contributed by atoms with Gasteiger partial charge < -0.3 is 26.2 Å². The summed E-state index contributed by atoms with van der Waals surface area (Å²) in [6.45, 7) is 2.24. The average Bonchev–Trinajstić information content (AvgIpc) is 2.81. The number of urea groups is 1. The third-order valence-electron chi connectivity index (χ3n) is 2.12. The smallest absolute Gasteiger partial charge is 0.312 e. The Morgan fingerprint density at radius 3 is 3.06 bits per heavy atom. The quantitative estimate of drug-likeness (QED) is 0.472. The summed E-state index contributed by atoms with van der Waals surface area (Å²) in [5.41, 5.74) is 4.90. The molecular weight excluding hydrogens is 254 g/mol. The summed E-state index contributed by atoms with van der Waals surface area (Å²) in [6.07, 6.45) is -0.557. The minimum Gasteiger partial charge on any atom is -0.389 e. The Hall–Kier alpha value is -1.15. The highest BCUT2D eigenvalue weighted by atomic mass is 32.1. The Balaban J connectivity index is 1.93. The van der Waals surface area contributed by atoms with Crippen LogP contribution in [0.2, 0.25) is 0 Å². The van der Waals surface area contributed by atoms with E-state index in [9.17, 15) is 9.90 Å². The Kier molecular flexibility index (Phi) is 7.35. The van der Waals surface area contributed by atoms with E-state index in [4.69, 9.17) is 10.5 Å². The second-order valence-electron chi connectivity index (χ2n) is 3.74. The van der Waals surface area contributed by atoms with Crippen molar-refractivity contribution in [2.24, 2.45) is 5.73 Å². The number of carbonyl (C=O) groups excluding carboxylic acids is 1. The number of hydrogen-bond donors (Lipinski definition) is 4. The minimum absolute atomic E-state index is 0.286. The molecule has 0 saturated heterocycles. The number of nitrogens with one attached hydrogen (secondary N) is 2. The van der Waals surface area contributed by atoms with Crippen LogP contribution in [-0.2, 0) is 11.3 Å². The Morgan fingerprint density at radius 1 is 1.56 bits per heavy atom. The maximum atomic E-state index is 10.4. The molecule has 0 aliphatic carbocycles. The largest absolute Gasteiger partial charge is 0.389 e. The molecule has 1 unspecified atom stereocenters. The fourth-order valence-electron chi connectivity index (χ4n) is 1.29. The van der Waals surface area contributed by atoms with Gasteiger partial charge in [0.05, 0.1) is 19.3 Å². The SMILES string of the molecule is NC(=O)NCCNCC(O)COCc1cccs1. The van der Waals surface area contributed by atoms with Gasteiger partial charge in [-0.3, -0.25) is 0 Å². The fraction of sp³-hybridized carbons (Fsp3) is 0.545. The van der Waals surface area contributed by atoms with Crippen LogP contribution in [0.3, 0.4) is 0 Å². The molecule has 0 bridgehead atoms. The van der Waals surface area contributed by atoms with Crippen molar-refractivity contribution in [2.45, 2.75) is 12.7 Å². The lowest BCUT2D eigenvalue weighted by Gasteiger charge is -2.12. The van der Waals surface area contributed by atoms with Crippen molar-refractivity contribution in [1.29, 1.82) is 0 Å². The van der Waals surface area contributed by atoms with Crippen LogP contribution < -0.4 is 16.4 Å². The van der Waals surface area contributed by atoms with E-state index in [2.05, 4.69) is 10.6 Å². The molecule has 0 fully saturated rings. The third-order valence-corrected chi connectivity index (χ3v) is 2.97. The first-order valence-corrected chi connectivity index (χ1v) is 6.58. The van der Waals surface area contributed by atoms with Crippen molar-refractivity contribution in [1.82, 2.24) is 10.6 Å². The lowest BCUT2D eigenvalue weighted by atomic mass is 10.3. The summed E-state index contributed by atoms with van der Waals surface area (Å²) in [7, 11) is 0.